The molecule has 4 nitrogen and oxygen atoms in total. The van der Waals surface area contributed by atoms with Gasteiger partial charge in [-0.05, 0) is 12.1 Å². The number of benzene rings is 1. The highest BCUT2D eigenvalue weighted by atomic mass is 16.4. The van der Waals surface area contributed by atoms with E-state index in [0.717, 1.165) is 5.69 Å². The predicted octanol–water partition coefficient (Wildman–Crippen LogP) is 1.49. The molecular formula is C11H12N2O2. The van der Waals surface area contributed by atoms with Gasteiger partial charge in [-0.15, -0.1) is 0 Å². The van der Waals surface area contributed by atoms with Crippen molar-refractivity contribution in [3.05, 3.63) is 30.3 Å². The second kappa shape index (κ2) is 5.01. The fourth-order valence-corrected chi connectivity index (χ4v) is 1.32. The van der Waals surface area contributed by atoms with Gasteiger partial charge in [0, 0.05) is 12.7 Å². The number of likely N-dealkylation sites (N-methyl/N-ethyl adjacent to an activating group) is 1. The van der Waals surface area contributed by atoms with Crippen LogP contribution in [0.25, 0.3) is 0 Å². The molecule has 1 rings (SSSR count). The fraction of sp³-hybridized carbons (Fsp3) is 0.273. The van der Waals surface area contributed by atoms with Gasteiger partial charge in [0.15, 0.2) is 0 Å². The lowest BCUT2D eigenvalue weighted by Gasteiger charge is -2.24. The molecule has 0 bridgehead atoms. The molecule has 15 heavy (non-hydrogen) atoms. The van der Waals surface area contributed by atoms with Crippen molar-refractivity contribution in [3.8, 4) is 6.07 Å². The largest absolute Gasteiger partial charge is 0.480 e. The molecule has 0 radical (unpaired) electrons. The number of carbonyl (C=O) groups is 1. The number of carboxylic acids is 1. The average Bonchev–Trinajstić information content (AvgIpc) is 2.26. The third-order valence-electron chi connectivity index (χ3n) is 2.20. The summed E-state index contributed by atoms with van der Waals surface area (Å²) in [7, 11) is 1.67. The molecule has 0 aliphatic carbocycles. The summed E-state index contributed by atoms with van der Waals surface area (Å²) in [6, 6.07) is 10.2. The lowest BCUT2D eigenvalue weighted by molar-refractivity contribution is -0.138. The van der Waals surface area contributed by atoms with Crippen molar-refractivity contribution in [2.24, 2.45) is 0 Å². The SMILES string of the molecule is CN(c1ccccc1)C(CC#N)C(=O)O. The number of nitrogens with zero attached hydrogens (tertiary/aromatic N) is 2. The standard InChI is InChI=1S/C11H12N2O2/c1-13(9-5-3-2-4-6-9)10(7-8-12)11(14)15/h2-6,10H,7H2,1H3,(H,14,15). The topological polar surface area (TPSA) is 64.3 Å². The van der Waals surface area contributed by atoms with Gasteiger partial charge in [0.2, 0.25) is 0 Å². The first kappa shape index (κ1) is 11.1. The monoisotopic (exact) mass is 204 g/mol. The van der Waals surface area contributed by atoms with Crippen LogP contribution in [0.3, 0.4) is 0 Å². The van der Waals surface area contributed by atoms with Crippen LogP contribution in [0.15, 0.2) is 30.3 Å². The van der Waals surface area contributed by atoms with Gasteiger partial charge >= 0.3 is 5.97 Å². The van der Waals surface area contributed by atoms with Crippen molar-refractivity contribution in [2.75, 3.05) is 11.9 Å². The molecule has 1 atom stereocenters. The molecule has 0 amide bonds. The summed E-state index contributed by atoms with van der Waals surface area (Å²) in [5, 5.41) is 17.5. The van der Waals surface area contributed by atoms with Crippen LogP contribution in [0.1, 0.15) is 6.42 Å². The predicted molar refractivity (Wildman–Crippen MR) is 56.5 cm³/mol. The normalized spacial score (nSPS) is 11.5. The van der Waals surface area contributed by atoms with Gasteiger partial charge in [-0.2, -0.15) is 5.26 Å². The highest BCUT2D eigenvalue weighted by Crippen LogP contribution is 2.15. The number of aliphatic carboxylic acids is 1. The Morgan fingerprint density at radius 3 is 2.60 bits per heavy atom. The maximum atomic E-state index is 10.9. The van der Waals surface area contributed by atoms with Crippen LogP contribution in [0.4, 0.5) is 5.69 Å². The smallest absolute Gasteiger partial charge is 0.327 e. The quantitative estimate of drug-likeness (QED) is 0.807. The second-order valence-electron chi connectivity index (χ2n) is 3.16. The minimum Gasteiger partial charge on any atom is -0.480 e. The molecule has 4 heteroatoms. The van der Waals surface area contributed by atoms with Gasteiger partial charge in [-0.3, -0.25) is 0 Å². The van der Waals surface area contributed by atoms with E-state index in [0.29, 0.717) is 0 Å². The van der Waals surface area contributed by atoms with E-state index in [1.807, 2.05) is 36.4 Å². The Balaban J connectivity index is 2.86. The van der Waals surface area contributed by atoms with Crippen LogP contribution >= 0.6 is 0 Å². The zero-order valence-corrected chi connectivity index (χ0v) is 8.42. The lowest BCUT2D eigenvalue weighted by atomic mass is 10.1. The number of rotatable bonds is 4. The zero-order chi connectivity index (χ0) is 11.3. The van der Waals surface area contributed by atoms with E-state index in [2.05, 4.69) is 0 Å². The van der Waals surface area contributed by atoms with Crippen molar-refractivity contribution < 1.29 is 9.90 Å². The first-order valence-corrected chi connectivity index (χ1v) is 4.54. The van der Waals surface area contributed by atoms with E-state index in [4.69, 9.17) is 10.4 Å². The van der Waals surface area contributed by atoms with Crippen molar-refractivity contribution in [1.29, 1.82) is 5.26 Å². The zero-order valence-electron chi connectivity index (χ0n) is 8.42. The van der Waals surface area contributed by atoms with E-state index < -0.39 is 12.0 Å². The molecule has 1 N–H and O–H groups in total. The van der Waals surface area contributed by atoms with E-state index in [-0.39, 0.29) is 6.42 Å². The molecule has 0 saturated heterocycles. The van der Waals surface area contributed by atoms with Crippen LogP contribution < -0.4 is 4.90 Å². The molecule has 0 spiro atoms. The Morgan fingerprint density at radius 2 is 2.13 bits per heavy atom. The maximum Gasteiger partial charge on any atom is 0.327 e. The summed E-state index contributed by atoms with van der Waals surface area (Å²) in [4.78, 5) is 12.5. The van der Waals surface area contributed by atoms with Crippen LogP contribution in [0.2, 0.25) is 0 Å². The molecule has 1 unspecified atom stereocenters. The van der Waals surface area contributed by atoms with Crippen molar-refractivity contribution in [3.63, 3.8) is 0 Å². The van der Waals surface area contributed by atoms with E-state index in [9.17, 15) is 4.79 Å². The number of hydrogen-bond donors (Lipinski definition) is 1. The van der Waals surface area contributed by atoms with Gasteiger partial charge in [-0.1, -0.05) is 18.2 Å². The number of nitriles is 1. The van der Waals surface area contributed by atoms with Crippen LogP contribution in [-0.4, -0.2) is 24.2 Å². The average molecular weight is 204 g/mol. The van der Waals surface area contributed by atoms with Gasteiger partial charge < -0.3 is 10.0 Å². The Morgan fingerprint density at radius 1 is 1.53 bits per heavy atom. The maximum absolute atomic E-state index is 10.9. The van der Waals surface area contributed by atoms with Crippen LogP contribution in [0.5, 0.6) is 0 Å². The second-order valence-corrected chi connectivity index (χ2v) is 3.16. The summed E-state index contributed by atoms with van der Waals surface area (Å²) in [6.07, 6.45) is -0.0271. The first-order chi connectivity index (χ1) is 7.16. The highest BCUT2D eigenvalue weighted by molar-refractivity contribution is 5.78. The Kier molecular flexibility index (Phi) is 3.69. The number of hydrogen-bond acceptors (Lipinski definition) is 3. The molecule has 1 aromatic rings. The fourth-order valence-electron chi connectivity index (χ4n) is 1.32. The Hall–Kier alpha value is -2.02. The van der Waals surface area contributed by atoms with Crippen molar-refractivity contribution in [2.45, 2.75) is 12.5 Å². The molecule has 78 valence electrons. The Labute approximate surface area is 88.4 Å². The third-order valence-corrected chi connectivity index (χ3v) is 2.20. The van der Waals surface area contributed by atoms with Gasteiger partial charge in [0.25, 0.3) is 0 Å². The van der Waals surface area contributed by atoms with E-state index in [1.165, 1.54) is 0 Å². The molecule has 0 heterocycles. The molecule has 0 aliphatic rings. The van der Waals surface area contributed by atoms with E-state index in [1.54, 1.807) is 11.9 Å². The lowest BCUT2D eigenvalue weighted by Crippen LogP contribution is -2.38. The summed E-state index contributed by atoms with van der Waals surface area (Å²) in [5.74, 6) is -0.983. The molecular weight excluding hydrogens is 192 g/mol. The number of carboxylic acid groups (broad SMARTS) is 1. The Bertz CT molecular complexity index is 370. The van der Waals surface area contributed by atoms with Crippen LogP contribution in [-0.2, 0) is 4.79 Å². The van der Waals surface area contributed by atoms with E-state index >= 15 is 0 Å². The van der Waals surface area contributed by atoms with Crippen LogP contribution in [0, 0.1) is 11.3 Å². The summed E-state index contributed by atoms with van der Waals surface area (Å²) >= 11 is 0. The molecule has 1 aromatic carbocycles. The molecule has 0 saturated carbocycles. The van der Waals surface area contributed by atoms with Gasteiger partial charge in [0.1, 0.15) is 6.04 Å². The summed E-state index contributed by atoms with van der Waals surface area (Å²) in [5.41, 5.74) is 0.792. The van der Waals surface area contributed by atoms with Gasteiger partial charge in [0.05, 0.1) is 12.5 Å². The van der Waals surface area contributed by atoms with Crippen molar-refractivity contribution >= 4 is 11.7 Å². The summed E-state index contributed by atoms with van der Waals surface area (Å²) < 4.78 is 0. The highest BCUT2D eigenvalue weighted by Gasteiger charge is 2.22. The first-order valence-electron chi connectivity index (χ1n) is 4.54. The molecule has 0 aliphatic heterocycles. The minimum atomic E-state index is -0.983. The number of anilines is 1. The van der Waals surface area contributed by atoms with Crippen molar-refractivity contribution in [1.82, 2.24) is 0 Å². The third kappa shape index (κ3) is 2.71. The minimum absolute atomic E-state index is 0.0271. The molecule has 0 aromatic heterocycles. The number of para-hydroxylation sites is 1. The summed E-state index contributed by atoms with van der Waals surface area (Å²) in [6.45, 7) is 0. The molecule has 0 fully saturated rings. The van der Waals surface area contributed by atoms with Gasteiger partial charge in [-0.25, -0.2) is 4.79 Å².